The van der Waals surface area contributed by atoms with E-state index in [4.69, 9.17) is 0 Å². The predicted molar refractivity (Wildman–Crippen MR) is 144 cm³/mol. The molecule has 2 heterocycles. The lowest BCUT2D eigenvalue weighted by Gasteiger charge is -2.12. The molecule has 7 aromatic rings. The second-order valence-corrected chi connectivity index (χ2v) is 9.12. The Balaban J connectivity index is 1.70. The molecule has 7 rings (SSSR count). The second-order valence-electron chi connectivity index (χ2n) is 9.12. The predicted octanol–water partition coefficient (Wildman–Crippen LogP) is 7.90. The molecule has 0 atom stereocenters. The number of nitrogens with zero attached hydrogens (tertiary/aromatic N) is 4. The molecule has 0 saturated carbocycles. The van der Waals surface area contributed by atoms with Gasteiger partial charge < -0.3 is 9.13 Å². The van der Waals surface area contributed by atoms with E-state index in [1.807, 2.05) is 59.2 Å². The van der Waals surface area contributed by atoms with Crippen LogP contribution in [0.25, 0.3) is 55.0 Å². The van der Waals surface area contributed by atoms with Gasteiger partial charge in [0, 0.05) is 21.5 Å². The molecule has 0 aliphatic heterocycles. The van der Waals surface area contributed by atoms with E-state index < -0.39 is 11.6 Å². The third-order valence-electron chi connectivity index (χ3n) is 7.11. The van der Waals surface area contributed by atoms with Gasteiger partial charge in [0.25, 0.3) is 0 Å². The van der Waals surface area contributed by atoms with Crippen molar-refractivity contribution < 1.29 is 8.78 Å². The van der Waals surface area contributed by atoms with Gasteiger partial charge in [-0.25, -0.2) is 8.78 Å². The summed E-state index contributed by atoms with van der Waals surface area (Å²) in [5.41, 5.74) is 4.21. The van der Waals surface area contributed by atoms with Gasteiger partial charge in [0.2, 0.25) is 0 Å². The van der Waals surface area contributed by atoms with E-state index in [2.05, 4.69) is 18.2 Å². The van der Waals surface area contributed by atoms with Crippen molar-refractivity contribution in [3.05, 3.63) is 120 Å². The molecule has 0 unspecified atom stereocenters. The van der Waals surface area contributed by atoms with Crippen LogP contribution in [-0.4, -0.2) is 9.13 Å². The maximum absolute atomic E-state index is 15.1. The SMILES string of the molecule is N#Cc1ccc(-n2c3ccccc3c3cc4c5ccccc5n(-c5c(F)cccc5F)c4cc32)c(C#N)c1. The van der Waals surface area contributed by atoms with E-state index in [9.17, 15) is 10.5 Å². The number of rotatable bonds is 2. The lowest BCUT2D eigenvalue weighted by Crippen LogP contribution is -2.02. The number of para-hydroxylation sites is 3. The molecule has 0 radical (unpaired) electrons. The fourth-order valence-corrected chi connectivity index (χ4v) is 5.52. The third-order valence-corrected chi connectivity index (χ3v) is 7.11. The van der Waals surface area contributed by atoms with Crippen molar-refractivity contribution in [1.82, 2.24) is 9.13 Å². The average molecular weight is 495 g/mol. The molecule has 0 N–H and O–H groups in total. The van der Waals surface area contributed by atoms with Crippen LogP contribution in [0.2, 0.25) is 0 Å². The Morgan fingerprint density at radius 2 is 1.13 bits per heavy atom. The molecule has 0 aliphatic rings. The maximum atomic E-state index is 15.1. The zero-order valence-corrected chi connectivity index (χ0v) is 19.8. The number of halogens is 2. The van der Waals surface area contributed by atoms with E-state index in [1.54, 1.807) is 22.8 Å². The van der Waals surface area contributed by atoms with Crippen LogP contribution >= 0.6 is 0 Å². The maximum Gasteiger partial charge on any atom is 0.150 e. The van der Waals surface area contributed by atoms with Crippen LogP contribution in [0.4, 0.5) is 8.78 Å². The first-order valence-corrected chi connectivity index (χ1v) is 12.0. The van der Waals surface area contributed by atoms with Gasteiger partial charge in [-0.1, -0.05) is 42.5 Å². The Morgan fingerprint density at radius 1 is 0.526 bits per heavy atom. The highest BCUT2D eigenvalue weighted by Crippen LogP contribution is 2.40. The highest BCUT2D eigenvalue weighted by Gasteiger charge is 2.22. The molecule has 0 saturated heterocycles. The summed E-state index contributed by atoms with van der Waals surface area (Å²) in [5.74, 6) is -1.32. The quantitative estimate of drug-likeness (QED) is 0.245. The Morgan fingerprint density at radius 3 is 1.76 bits per heavy atom. The van der Waals surface area contributed by atoms with Gasteiger partial charge in [-0.15, -0.1) is 0 Å². The Hall–Kier alpha value is -5.46. The normalized spacial score (nSPS) is 11.4. The molecular weight excluding hydrogens is 478 g/mol. The molecule has 0 bridgehead atoms. The van der Waals surface area contributed by atoms with Crippen LogP contribution in [0.1, 0.15) is 11.1 Å². The highest BCUT2D eigenvalue weighted by atomic mass is 19.1. The second kappa shape index (κ2) is 8.03. The lowest BCUT2D eigenvalue weighted by molar-refractivity contribution is 0.573. The first kappa shape index (κ1) is 21.8. The van der Waals surface area contributed by atoms with E-state index in [0.717, 1.165) is 32.6 Å². The number of hydrogen-bond acceptors (Lipinski definition) is 2. The minimum absolute atomic E-state index is 0.142. The van der Waals surface area contributed by atoms with E-state index in [1.165, 1.54) is 18.2 Å². The largest absolute Gasteiger partial charge is 0.308 e. The smallest absolute Gasteiger partial charge is 0.150 e. The van der Waals surface area contributed by atoms with Gasteiger partial charge in [0.15, 0.2) is 0 Å². The van der Waals surface area contributed by atoms with Gasteiger partial charge in [-0.05, 0) is 54.6 Å². The number of aromatic nitrogens is 2. The summed E-state index contributed by atoms with van der Waals surface area (Å²) < 4.78 is 33.9. The van der Waals surface area contributed by atoms with Crippen LogP contribution < -0.4 is 0 Å². The zero-order chi connectivity index (χ0) is 26.0. The van der Waals surface area contributed by atoms with Crippen molar-refractivity contribution in [3.63, 3.8) is 0 Å². The van der Waals surface area contributed by atoms with Crippen molar-refractivity contribution in [2.75, 3.05) is 0 Å². The van der Waals surface area contributed by atoms with E-state index in [0.29, 0.717) is 27.8 Å². The minimum atomic E-state index is -0.660. The topological polar surface area (TPSA) is 57.4 Å². The molecule has 0 spiro atoms. The van der Waals surface area contributed by atoms with Crippen LogP contribution in [0.5, 0.6) is 0 Å². The summed E-state index contributed by atoms with van der Waals surface area (Å²) in [4.78, 5) is 0. The van der Waals surface area contributed by atoms with Crippen molar-refractivity contribution in [2.45, 2.75) is 0 Å². The first-order valence-electron chi connectivity index (χ1n) is 12.0. The number of hydrogen-bond donors (Lipinski definition) is 0. The van der Waals surface area contributed by atoms with E-state index >= 15 is 8.78 Å². The van der Waals surface area contributed by atoms with Gasteiger partial charge in [-0.2, -0.15) is 10.5 Å². The standard InChI is InChI=1S/C32H16F2N4/c33-25-8-5-9-26(34)32(25)38-29-11-4-2-7-22(29)24-15-23-21-6-1-3-10-28(21)37(30(23)16-31(24)38)27-13-12-19(17-35)14-20(27)18-36/h1-16H. The summed E-state index contributed by atoms with van der Waals surface area (Å²) in [6.07, 6.45) is 0. The molecule has 0 amide bonds. The molecule has 0 fully saturated rings. The Labute approximate surface area is 215 Å². The summed E-state index contributed by atoms with van der Waals surface area (Å²) in [5, 5.41) is 23.0. The van der Waals surface area contributed by atoms with Crippen LogP contribution in [0, 0.1) is 34.3 Å². The summed E-state index contributed by atoms with van der Waals surface area (Å²) in [6.45, 7) is 0. The van der Waals surface area contributed by atoms with Gasteiger partial charge in [-0.3, -0.25) is 0 Å². The number of benzene rings is 5. The molecule has 6 heteroatoms. The summed E-state index contributed by atoms with van der Waals surface area (Å²) in [7, 11) is 0. The van der Waals surface area contributed by atoms with Gasteiger partial charge >= 0.3 is 0 Å². The van der Waals surface area contributed by atoms with Crippen LogP contribution in [-0.2, 0) is 0 Å². The molecule has 5 aromatic carbocycles. The van der Waals surface area contributed by atoms with Crippen molar-refractivity contribution in [3.8, 4) is 23.5 Å². The zero-order valence-electron chi connectivity index (χ0n) is 19.8. The highest BCUT2D eigenvalue weighted by molar-refractivity contribution is 6.19. The van der Waals surface area contributed by atoms with Crippen molar-refractivity contribution >= 4 is 43.6 Å². The van der Waals surface area contributed by atoms with Gasteiger partial charge in [0.05, 0.1) is 45.0 Å². The fourth-order valence-electron chi connectivity index (χ4n) is 5.52. The third kappa shape index (κ3) is 2.92. The Kier molecular flexibility index (Phi) is 4.60. The first-order chi connectivity index (χ1) is 18.6. The van der Waals surface area contributed by atoms with Gasteiger partial charge in [0.1, 0.15) is 23.4 Å². The number of fused-ring (bicyclic) bond motifs is 6. The Bertz CT molecular complexity index is 2170. The molecular formula is C32H16F2N4. The molecule has 0 aliphatic carbocycles. The van der Waals surface area contributed by atoms with Crippen LogP contribution in [0.15, 0.2) is 97.1 Å². The number of nitriles is 2. The molecule has 178 valence electrons. The van der Waals surface area contributed by atoms with Crippen molar-refractivity contribution in [1.29, 1.82) is 10.5 Å². The average Bonchev–Trinajstić information content (AvgIpc) is 3.44. The summed E-state index contributed by atoms with van der Waals surface area (Å²) >= 11 is 0. The molecule has 2 aromatic heterocycles. The van der Waals surface area contributed by atoms with E-state index in [-0.39, 0.29) is 5.69 Å². The fraction of sp³-hybridized carbons (Fsp3) is 0. The monoisotopic (exact) mass is 494 g/mol. The van der Waals surface area contributed by atoms with Crippen LogP contribution in [0.3, 0.4) is 0 Å². The molecule has 4 nitrogen and oxygen atoms in total. The minimum Gasteiger partial charge on any atom is -0.308 e. The molecule has 38 heavy (non-hydrogen) atoms. The lowest BCUT2D eigenvalue weighted by atomic mass is 10.1. The van der Waals surface area contributed by atoms with Crippen molar-refractivity contribution in [2.24, 2.45) is 0 Å². The summed E-state index contributed by atoms with van der Waals surface area (Å²) in [6, 6.07) is 32.6.